The Hall–Kier alpha value is -1.69. The van der Waals surface area contributed by atoms with E-state index in [0.29, 0.717) is 17.2 Å². The van der Waals surface area contributed by atoms with Crippen molar-refractivity contribution >= 4 is 42.1 Å². The number of halogens is 1. The average molecular weight is 443 g/mol. The fourth-order valence-corrected chi connectivity index (χ4v) is 4.54. The van der Waals surface area contributed by atoms with Crippen molar-refractivity contribution in [1.29, 1.82) is 5.26 Å². The van der Waals surface area contributed by atoms with Crippen LogP contribution in [0.1, 0.15) is 44.4 Å². The molecule has 8 heteroatoms. The summed E-state index contributed by atoms with van der Waals surface area (Å²) in [7, 11) is -0.481. The molecule has 0 aliphatic carbocycles. The van der Waals surface area contributed by atoms with Crippen LogP contribution in [-0.2, 0) is 26.5 Å². The largest absolute Gasteiger partial charge is 0.494 e. The van der Waals surface area contributed by atoms with Gasteiger partial charge in [0.1, 0.15) is 18.3 Å². The fourth-order valence-electron chi connectivity index (χ4n) is 3.58. The average Bonchev–Trinajstić information content (AvgIpc) is 3.20. The molecule has 0 N–H and O–H groups in total. The van der Waals surface area contributed by atoms with Gasteiger partial charge >= 0.3 is 7.12 Å². The molecular weight excluding hydrogens is 419 g/mol. The number of hydrogen-bond acceptors (Lipinski definition) is 6. The van der Waals surface area contributed by atoms with Crippen LogP contribution in [-0.4, -0.2) is 24.9 Å². The van der Waals surface area contributed by atoms with E-state index < -0.39 is 18.3 Å². The summed E-state index contributed by atoms with van der Waals surface area (Å²) in [5, 5.41) is 10.5. The van der Waals surface area contributed by atoms with E-state index in [1.165, 1.54) is 12.2 Å². The highest BCUT2D eigenvalue weighted by atomic mass is 35.5. The van der Waals surface area contributed by atoms with Crippen LogP contribution in [0.2, 0.25) is 5.02 Å². The number of nitriles is 1. The van der Waals surface area contributed by atoms with Crippen molar-refractivity contribution in [2.24, 2.45) is 0 Å². The standard InChI is InChI=1S/C22H24BClN2O3S/c1-21(2)22(3,4)29-23(28-21)18-11-15-9-10-26(20(15)17(12-18)13-25)30-27-14-16-7-5-6-8-19(16)24/h5-8,11-12H,9-10,14H2,1-4H3. The van der Waals surface area contributed by atoms with Crippen molar-refractivity contribution < 1.29 is 13.5 Å². The fraction of sp³-hybridized carbons (Fsp3) is 0.409. The molecular formula is C22H24BClN2O3S. The number of fused-ring (bicyclic) bond motifs is 1. The highest BCUT2D eigenvalue weighted by Gasteiger charge is 2.52. The monoisotopic (exact) mass is 442 g/mol. The molecule has 156 valence electrons. The van der Waals surface area contributed by atoms with Crippen LogP contribution >= 0.6 is 23.8 Å². The molecule has 0 atom stereocenters. The highest BCUT2D eigenvalue weighted by Crippen LogP contribution is 2.39. The smallest absolute Gasteiger partial charge is 0.399 e. The highest BCUT2D eigenvalue weighted by molar-refractivity contribution is 7.96. The Morgan fingerprint density at radius 3 is 2.57 bits per heavy atom. The van der Waals surface area contributed by atoms with E-state index in [2.05, 4.69) is 12.1 Å². The number of nitrogens with zero attached hydrogens (tertiary/aromatic N) is 2. The molecule has 4 rings (SSSR count). The van der Waals surface area contributed by atoms with E-state index in [1.807, 2.05) is 62.3 Å². The molecule has 30 heavy (non-hydrogen) atoms. The van der Waals surface area contributed by atoms with E-state index in [-0.39, 0.29) is 0 Å². The van der Waals surface area contributed by atoms with Crippen LogP contribution in [0.15, 0.2) is 36.4 Å². The van der Waals surface area contributed by atoms with E-state index in [1.54, 1.807) is 0 Å². The van der Waals surface area contributed by atoms with Crippen LogP contribution in [0.3, 0.4) is 0 Å². The molecule has 0 amide bonds. The molecule has 0 aromatic heterocycles. The van der Waals surface area contributed by atoms with Crippen molar-refractivity contribution in [2.45, 2.75) is 51.9 Å². The molecule has 1 fully saturated rings. The van der Waals surface area contributed by atoms with E-state index in [0.717, 1.165) is 35.2 Å². The van der Waals surface area contributed by atoms with Gasteiger partial charge in [-0.25, -0.2) is 0 Å². The normalized spacial score (nSPS) is 19.1. The summed E-state index contributed by atoms with van der Waals surface area (Å²) in [4.78, 5) is 0. The SMILES string of the molecule is CC1(C)OB(c2cc(C#N)c3c(c2)CCN3SOCc2ccccc2Cl)OC1(C)C. The first-order valence-corrected chi connectivity index (χ1v) is 11.0. The minimum absolute atomic E-state index is 0.393. The molecule has 2 aromatic carbocycles. The molecule has 5 nitrogen and oxygen atoms in total. The third-order valence-electron chi connectivity index (χ3n) is 6.01. The second-order valence-corrected chi connectivity index (χ2v) is 9.79. The Morgan fingerprint density at radius 1 is 1.20 bits per heavy atom. The van der Waals surface area contributed by atoms with Crippen molar-refractivity contribution in [1.82, 2.24) is 0 Å². The lowest BCUT2D eigenvalue weighted by molar-refractivity contribution is 0.00578. The zero-order valence-electron chi connectivity index (χ0n) is 17.6. The summed E-state index contributed by atoms with van der Waals surface area (Å²) >= 11 is 7.46. The lowest BCUT2D eigenvalue weighted by Crippen LogP contribution is -2.41. The second kappa shape index (κ2) is 8.10. The topological polar surface area (TPSA) is 54.7 Å². The predicted octanol–water partition coefficient (Wildman–Crippen LogP) is 4.65. The van der Waals surface area contributed by atoms with Crippen LogP contribution < -0.4 is 9.77 Å². The molecule has 2 aliphatic heterocycles. The maximum absolute atomic E-state index is 9.81. The molecule has 2 aromatic rings. The first kappa shape index (κ1) is 21.5. The van der Waals surface area contributed by atoms with Crippen molar-refractivity contribution in [3.63, 3.8) is 0 Å². The Balaban J connectivity index is 1.51. The summed E-state index contributed by atoms with van der Waals surface area (Å²) in [6.07, 6.45) is 0.833. The third kappa shape index (κ3) is 3.95. The Labute approximate surface area is 187 Å². The Bertz CT molecular complexity index is 992. The maximum Gasteiger partial charge on any atom is 0.494 e. The zero-order valence-corrected chi connectivity index (χ0v) is 19.1. The lowest BCUT2D eigenvalue weighted by atomic mass is 9.77. The Morgan fingerprint density at radius 2 is 1.90 bits per heavy atom. The predicted molar refractivity (Wildman–Crippen MR) is 122 cm³/mol. The molecule has 0 bridgehead atoms. The van der Waals surface area contributed by atoms with Crippen LogP contribution in [0.4, 0.5) is 5.69 Å². The van der Waals surface area contributed by atoms with Gasteiger partial charge in [0.15, 0.2) is 0 Å². The van der Waals surface area contributed by atoms with Gasteiger partial charge in [0.05, 0.1) is 29.1 Å². The van der Waals surface area contributed by atoms with E-state index >= 15 is 0 Å². The molecule has 2 heterocycles. The molecule has 1 saturated heterocycles. The Kier molecular flexibility index (Phi) is 5.82. The third-order valence-corrected chi connectivity index (χ3v) is 7.14. The van der Waals surface area contributed by atoms with Crippen LogP contribution in [0.25, 0.3) is 0 Å². The minimum Gasteiger partial charge on any atom is -0.399 e. The van der Waals surface area contributed by atoms with Gasteiger partial charge < -0.3 is 9.31 Å². The van der Waals surface area contributed by atoms with E-state index in [4.69, 9.17) is 25.1 Å². The molecule has 0 saturated carbocycles. The summed E-state index contributed by atoms with van der Waals surface area (Å²) < 4.78 is 20.2. The first-order chi connectivity index (χ1) is 14.2. The molecule has 0 radical (unpaired) electrons. The molecule has 0 spiro atoms. The van der Waals surface area contributed by atoms with Gasteiger partial charge in [-0.2, -0.15) is 5.26 Å². The van der Waals surface area contributed by atoms with Crippen molar-refractivity contribution in [3.8, 4) is 6.07 Å². The van der Waals surface area contributed by atoms with Gasteiger partial charge in [-0.05, 0) is 62.8 Å². The van der Waals surface area contributed by atoms with Gasteiger partial charge in [0.25, 0.3) is 0 Å². The van der Waals surface area contributed by atoms with Crippen LogP contribution in [0, 0.1) is 11.3 Å². The van der Waals surface area contributed by atoms with Gasteiger partial charge in [-0.3, -0.25) is 8.49 Å². The lowest BCUT2D eigenvalue weighted by Gasteiger charge is -2.32. The maximum atomic E-state index is 9.81. The van der Waals surface area contributed by atoms with Crippen molar-refractivity contribution in [2.75, 3.05) is 10.8 Å². The quantitative estimate of drug-likeness (QED) is 0.381. The zero-order chi connectivity index (χ0) is 21.5. The summed E-state index contributed by atoms with van der Waals surface area (Å²) in [5.74, 6) is 0. The summed E-state index contributed by atoms with van der Waals surface area (Å²) in [6, 6.07) is 13.9. The van der Waals surface area contributed by atoms with Gasteiger partial charge in [0, 0.05) is 11.6 Å². The number of anilines is 1. The second-order valence-electron chi connectivity index (χ2n) is 8.56. The van der Waals surface area contributed by atoms with Crippen molar-refractivity contribution in [3.05, 3.63) is 58.1 Å². The number of hydrogen-bond donors (Lipinski definition) is 0. The van der Waals surface area contributed by atoms with Crippen LogP contribution in [0.5, 0.6) is 0 Å². The number of benzene rings is 2. The summed E-state index contributed by atoms with van der Waals surface area (Å²) in [5.41, 5.74) is 3.59. The van der Waals surface area contributed by atoms with Gasteiger partial charge in [-0.1, -0.05) is 35.9 Å². The summed E-state index contributed by atoms with van der Waals surface area (Å²) in [6.45, 7) is 9.27. The van der Waals surface area contributed by atoms with Gasteiger partial charge in [0.2, 0.25) is 0 Å². The van der Waals surface area contributed by atoms with Gasteiger partial charge in [-0.15, -0.1) is 0 Å². The van der Waals surface area contributed by atoms with E-state index in [9.17, 15) is 5.26 Å². The minimum atomic E-state index is -0.481. The molecule has 2 aliphatic rings. The molecule has 0 unspecified atom stereocenters. The first-order valence-electron chi connectivity index (χ1n) is 9.95. The number of rotatable bonds is 5.